The van der Waals surface area contributed by atoms with E-state index in [0.717, 1.165) is 0 Å². The number of hydrogen-bond donors (Lipinski definition) is 3. The summed E-state index contributed by atoms with van der Waals surface area (Å²) in [6.07, 6.45) is 0.365. The first-order valence-corrected chi connectivity index (χ1v) is 4.57. The lowest BCUT2D eigenvalue weighted by Gasteiger charge is -2.11. The summed E-state index contributed by atoms with van der Waals surface area (Å²) in [5.41, 5.74) is 10.7. The Hall–Kier alpha value is -0.180. The second kappa shape index (κ2) is 4.61. The molecule has 0 aliphatic heterocycles. The molecule has 5 heteroatoms. The molecule has 10 heavy (non-hydrogen) atoms. The molecule has 0 spiro atoms. The summed E-state index contributed by atoms with van der Waals surface area (Å²) >= 11 is 0. The van der Waals surface area contributed by atoms with E-state index < -0.39 is 12.0 Å². The summed E-state index contributed by atoms with van der Waals surface area (Å²) in [6, 6.07) is -0.803. The zero-order chi connectivity index (χ0) is 8.15. The predicted molar refractivity (Wildman–Crippen MR) is 42.4 cm³/mol. The van der Waals surface area contributed by atoms with Gasteiger partial charge in [-0.05, 0) is 13.1 Å². The van der Waals surface area contributed by atoms with Crippen LogP contribution in [0.3, 0.4) is 0 Å². The maximum Gasteiger partial charge on any atom is 0.320 e. The van der Waals surface area contributed by atoms with E-state index in [0.29, 0.717) is 15.0 Å². The lowest BCUT2D eigenvalue weighted by molar-refractivity contribution is -0.138. The van der Waals surface area contributed by atoms with Crippen molar-refractivity contribution in [2.75, 3.05) is 6.66 Å². The number of aliphatic carboxylic acids is 1. The van der Waals surface area contributed by atoms with Gasteiger partial charge in [-0.1, -0.05) is 0 Å². The Morgan fingerprint density at radius 2 is 2.20 bits per heavy atom. The maximum absolute atomic E-state index is 10.2. The zero-order valence-corrected chi connectivity index (χ0v) is 6.87. The predicted octanol–water partition coefficient (Wildman–Crippen LogP) is -0.618. The van der Waals surface area contributed by atoms with Crippen molar-refractivity contribution < 1.29 is 9.90 Å². The minimum absolute atomic E-state index is 0.0638. The van der Waals surface area contributed by atoms with Crippen molar-refractivity contribution in [3.63, 3.8) is 0 Å². The van der Waals surface area contributed by atoms with Crippen LogP contribution in [0.25, 0.3) is 0 Å². The molecule has 0 bridgehead atoms. The second-order valence-corrected chi connectivity index (χ2v) is 3.39. The molecule has 0 aromatic heterocycles. The highest BCUT2D eigenvalue weighted by atomic mass is 31.1. The van der Waals surface area contributed by atoms with Crippen LogP contribution in [-0.2, 0) is 4.79 Å². The number of carboxylic acids is 1. The largest absolute Gasteiger partial charge is 0.480 e. The Kier molecular flexibility index (Phi) is 4.52. The summed E-state index contributed by atoms with van der Waals surface area (Å²) < 4.78 is 0. The molecule has 3 unspecified atom stereocenters. The molecule has 0 heterocycles. The third-order valence-electron chi connectivity index (χ3n) is 1.20. The van der Waals surface area contributed by atoms with Crippen LogP contribution in [0, 0.1) is 0 Å². The molecule has 0 amide bonds. The van der Waals surface area contributed by atoms with Gasteiger partial charge < -0.3 is 16.6 Å². The molecule has 0 radical (unpaired) electrons. The van der Waals surface area contributed by atoms with Gasteiger partial charge in [-0.2, -0.15) is 0 Å². The van der Waals surface area contributed by atoms with Crippen molar-refractivity contribution >= 4 is 14.6 Å². The highest BCUT2D eigenvalue weighted by Gasteiger charge is 2.13. The molecular formula is C5H13N2O2P. The molecule has 0 rings (SSSR count). The van der Waals surface area contributed by atoms with Gasteiger partial charge in [-0.25, -0.2) is 0 Å². The van der Waals surface area contributed by atoms with E-state index in [4.69, 9.17) is 16.6 Å². The Morgan fingerprint density at radius 1 is 1.70 bits per heavy atom. The average molecular weight is 164 g/mol. The zero-order valence-electron chi connectivity index (χ0n) is 5.87. The fraction of sp³-hybridized carbons (Fsp3) is 0.800. The summed E-state index contributed by atoms with van der Waals surface area (Å²) in [7, 11) is 0.551. The van der Waals surface area contributed by atoms with Crippen molar-refractivity contribution in [2.24, 2.45) is 11.5 Å². The van der Waals surface area contributed by atoms with E-state index in [-0.39, 0.29) is 5.78 Å². The topological polar surface area (TPSA) is 89.3 Å². The number of nitrogens with two attached hydrogens (primary N) is 2. The van der Waals surface area contributed by atoms with Crippen molar-refractivity contribution in [1.29, 1.82) is 0 Å². The fourth-order valence-electron chi connectivity index (χ4n) is 0.492. The van der Waals surface area contributed by atoms with Crippen LogP contribution in [0.2, 0.25) is 0 Å². The third kappa shape index (κ3) is 3.77. The van der Waals surface area contributed by atoms with Gasteiger partial charge in [-0.3, -0.25) is 4.79 Å². The van der Waals surface area contributed by atoms with Crippen molar-refractivity contribution in [3.05, 3.63) is 0 Å². The summed E-state index contributed by atoms with van der Waals surface area (Å²) in [6.45, 7) is 1.93. The first-order chi connectivity index (χ1) is 4.57. The quantitative estimate of drug-likeness (QED) is 0.483. The lowest BCUT2D eigenvalue weighted by Crippen LogP contribution is -2.35. The van der Waals surface area contributed by atoms with E-state index in [2.05, 4.69) is 0 Å². The number of carbonyl (C=O) groups is 1. The van der Waals surface area contributed by atoms with E-state index >= 15 is 0 Å². The molecule has 0 fully saturated rings. The van der Waals surface area contributed by atoms with Crippen molar-refractivity contribution in [1.82, 2.24) is 0 Å². The summed E-state index contributed by atoms with van der Waals surface area (Å²) in [5, 5.41) is 8.35. The summed E-state index contributed by atoms with van der Waals surface area (Å²) in [4.78, 5) is 10.2. The van der Waals surface area contributed by atoms with Crippen LogP contribution in [0.1, 0.15) is 6.42 Å². The van der Waals surface area contributed by atoms with Crippen LogP contribution >= 0.6 is 8.58 Å². The SMILES string of the molecule is CPC(N)CC(N)C(=O)O. The molecule has 0 aromatic rings. The van der Waals surface area contributed by atoms with Gasteiger partial charge in [0.05, 0.1) is 0 Å². The van der Waals surface area contributed by atoms with E-state index in [1.807, 2.05) is 6.66 Å². The third-order valence-corrected chi connectivity index (χ3v) is 2.17. The first kappa shape index (κ1) is 9.82. The van der Waals surface area contributed by atoms with Crippen molar-refractivity contribution in [3.8, 4) is 0 Å². The molecule has 3 atom stereocenters. The van der Waals surface area contributed by atoms with Gasteiger partial charge >= 0.3 is 5.97 Å². The highest BCUT2D eigenvalue weighted by molar-refractivity contribution is 7.37. The highest BCUT2D eigenvalue weighted by Crippen LogP contribution is 2.12. The minimum atomic E-state index is -0.978. The molecular weight excluding hydrogens is 151 g/mol. The first-order valence-electron chi connectivity index (χ1n) is 2.99. The van der Waals surface area contributed by atoms with Gasteiger partial charge in [0.25, 0.3) is 0 Å². The minimum Gasteiger partial charge on any atom is -0.480 e. The van der Waals surface area contributed by atoms with Crippen LogP contribution < -0.4 is 11.5 Å². The molecule has 0 aliphatic carbocycles. The molecule has 5 N–H and O–H groups in total. The van der Waals surface area contributed by atoms with Crippen molar-refractivity contribution in [2.45, 2.75) is 18.2 Å². The fourth-order valence-corrected chi connectivity index (χ4v) is 0.982. The van der Waals surface area contributed by atoms with Gasteiger partial charge in [0.2, 0.25) is 0 Å². The van der Waals surface area contributed by atoms with Gasteiger partial charge in [0.15, 0.2) is 0 Å². The number of rotatable bonds is 4. The van der Waals surface area contributed by atoms with Gasteiger partial charge in [0.1, 0.15) is 6.04 Å². The van der Waals surface area contributed by atoms with Crippen LogP contribution in [0.15, 0.2) is 0 Å². The van der Waals surface area contributed by atoms with E-state index in [1.54, 1.807) is 0 Å². The Balaban J connectivity index is 3.56. The Labute approximate surface area is 61.7 Å². The van der Waals surface area contributed by atoms with Crippen LogP contribution in [-0.4, -0.2) is 29.6 Å². The second-order valence-electron chi connectivity index (χ2n) is 2.08. The van der Waals surface area contributed by atoms with Crippen LogP contribution in [0.5, 0.6) is 0 Å². The Bertz CT molecular complexity index is 120. The standard InChI is InChI=1S/C5H13N2O2P/c1-10-4(7)2-3(6)5(8)9/h3-4,10H,2,6-7H2,1H3,(H,8,9). The monoisotopic (exact) mass is 164 g/mol. The Morgan fingerprint density at radius 3 is 2.50 bits per heavy atom. The number of hydrogen-bond acceptors (Lipinski definition) is 3. The van der Waals surface area contributed by atoms with Gasteiger partial charge in [0, 0.05) is 5.78 Å². The van der Waals surface area contributed by atoms with Gasteiger partial charge in [-0.15, -0.1) is 8.58 Å². The summed E-state index contributed by atoms with van der Waals surface area (Å²) in [5.74, 6) is -1.04. The molecule has 0 aliphatic rings. The lowest BCUT2D eigenvalue weighted by atomic mass is 10.2. The van der Waals surface area contributed by atoms with Crippen LogP contribution in [0.4, 0.5) is 0 Å². The maximum atomic E-state index is 10.2. The molecule has 60 valence electrons. The van der Waals surface area contributed by atoms with E-state index in [9.17, 15) is 4.79 Å². The van der Waals surface area contributed by atoms with E-state index in [1.165, 1.54) is 0 Å². The molecule has 0 saturated carbocycles. The number of carboxylic acid groups (broad SMARTS) is 1. The smallest absolute Gasteiger partial charge is 0.320 e. The normalized spacial score (nSPS) is 17.5. The average Bonchev–Trinajstić information content (AvgIpc) is 1.87. The molecule has 0 aromatic carbocycles. The molecule has 4 nitrogen and oxygen atoms in total. The molecule has 0 saturated heterocycles.